The number of para-hydroxylation sites is 1. The number of aliphatic carboxylic acids is 1. The minimum Gasteiger partial charge on any atom is -0.483 e. The second kappa shape index (κ2) is 12.3. The third kappa shape index (κ3) is 5.42. The molecule has 2 saturated carbocycles. The van der Waals surface area contributed by atoms with Gasteiger partial charge in [-0.3, -0.25) is 28.9 Å². The summed E-state index contributed by atoms with van der Waals surface area (Å²) >= 11 is 2.68. The molecule has 1 saturated heterocycles. The maximum atomic E-state index is 13.6. The molecule has 2 bridgehead atoms. The number of H-pyrrole nitrogens is 1. The number of aromatic amines is 1. The summed E-state index contributed by atoms with van der Waals surface area (Å²) in [6.45, 7) is 1.54. The van der Waals surface area contributed by atoms with Crippen molar-refractivity contribution in [2.75, 3.05) is 25.1 Å². The minimum atomic E-state index is -1.07. The van der Waals surface area contributed by atoms with Gasteiger partial charge in [-0.2, -0.15) is 0 Å². The molecule has 244 valence electrons. The Bertz CT molecular complexity index is 1840. The highest BCUT2D eigenvalue weighted by atomic mass is 32.2. The third-order valence-corrected chi connectivity index (χ3v) is 12.2. The molecule has 4 aliphatic rings. The number of carboxylic acid groups (broad SMARTS) is 1. The lowest BCUT2D eigenvalue weighted by molar-refractivity contribution is -0.142. The van der Waals surface area contributed by atoms with Gasteiger partial charge < -0.3 is 24.9 Å². The molecule has 0 radical (unpaired) electrons. The van der Waals surface area contributed by atoms with Crippen molar-refractivity contribution in [3.8, 4) is 5.75 Å². The van der Waals surface area contributed by atoms with Crippen molar-refractivity contribution in [3.63, 3.8) is 0 Å². The predicted molar refractivity (Wildman–Crippen MR) is 170 cm³/mol. The lowest BCUT2D eigenvalue weighted by Crippen LogP contribution is -2.42. The van der Waals surface area contributed by atoms with Crippen LogP contribution in [0.5, 0.6) is 5.75 Å². The van der Waals surface area contributed by atoms with Crippen LogP contribution in [0.25, 0.3) is 0 Å². The molecule has 1 aromatic heterocycles. The quantitative estimate of drug-likeness (QED) is 0.213. The fourth-order valence-corrected chi connectivity index (χ4v) is 10.8. The van der Waals surface area contributed by atoms with E-state index in [1.807, 2.05) is 12.1 Å². The number of imide groups is 1. The molecule has 3 N–H and O–H groups in total. The Labute approximate surface area is 276 Å². The first-order valence-electron chi connectivity index (χ1n) is 15.4. The molecule has 47 heavy (non-hydrogen) atoms. The van der Waals surface area contributed by atoms with Crippen LogP contribution < -0.4 is 14.9 Å². The Morgan fingerprint density at radius 2 is 1.74 bits per heavy atom. The van der Waals surface area contributed by atoms with Gasteiger partial charge in [-0.05, 0) is 61.4 Å². The fourth-order valence-electron chi connectivity index (χ4n) is 7.97. The van der Waals surface area contributed by atoms with Gasteiger partial charge >= 0.3 is 16.8 Å². The number of thioether (sulfide) groups is 1. The topological polar surface area (TPSA) is 172 Å². The second-order valence-electron chi connectivity index (χ2n) is 12.1. The second-order valence-corrected chi connectivity index (χ2v) is 14.3. The number of aromatic nitrogens is 1. The molecule has 2 aromatic carbocycles. The Morgan fingerprint density at radius 3 is 2.47 bits per heavy atom. The normalized spacial score (nSPS) is 26.8. The Morgan fingerprint density at radius 1 is 1.02 bits per heavy atom. The van der Waals surface area contributed by atoms with E-state index in [9.17, 15) is 33.9 Å². The van der Waals surface area contributed by atoms with Crippen LogP contribution in [0.15, 0.2) is 58.4 Å². The molecular weight excluding hydrogens is 647 g/mol. The van der Waals surface area contributed by atoms with Crippen LogP contribution >= 0.6 is 23.1 Å². The van der Waals surface area contributed by atoms with Gasteiger partial charge in [-0.15, -0.1) is 11.8 Å². The first-order valence-corrected chi connectivity index (χ1v) is 17.1. The van der Waals surface area contributed by atoms with Crippen LogP contribution in [0.3, 0.4) is 0 Å². The molecule has 3 aromatic rings. The monoisotopic (exact) mass is 677 g/mol. The van der Waals surface area contributed by atoms with Crippen molar-refractivity contribution in [2.45, 2.75) is 36.0 Å². The summed E-state index contributed by atoms with van der Waals surface area (Å²) < 4.78 is 11.1. The van der Waals surface area contributed by atoms with Crippen molar-refractivity contribution in [1.82, 2.24) is 9.88 Å². The summed E-state index contributed by atoms with van der Waals surface area (Å²) in [6, 6.07) is 13.7. The predicted octanol–water partition coefficient (Wildman–Crippen LogP) is 3.58. The number of carbonyl (C=O) groups is 5. The van der Waals surface area contributed by atoms with Gasteiger partial charge in [0, 0.05) is 33.8 Å². The zero-order valence-corrected chi connectivity index (χ0v) is 26.8. The number of likely N-dealkylation sites (tertiary alicyclic amines) is 1. The maximum Gasteiger partial charge on any atom is 0.338 e. The third-order valence-electron chi connectivity index (χ3n) is 9.66. The van der Waals surface area contributed by atoms with Crippen molar-refractivity contribution in [1.29, 1.82) is 0 Å². The largest absolute Gasteiger partial charge is 0.483 e. The van der Waals surface area contributed by atoms with Crippen molar-refractivity contribution in [3.05, 3.63) is 74.2 Å². The SMILES string of the molecule is CCOC(=O)c1ccc(NC(=O)COc2ccccc2[C@H]2c3sc(=O)[nH]c3SC3C4CC(C5C(=O)N(CCC(=O)O)C(=O)C45)C32)cc1. The number of carboxylic acids is 1. The number of fused-ring (bicyclic) bond motifs is 9. The minimum absolute atomic E-state index is 0.0471. The van der Waals surface area contributed by atoms with Gasteiger partial charge in [0.25, 0.3) is 5.91 Å². The van der Waals surface area contributed by atoms with E-state index in [0.29, 0.717) is 23.4 Å². The number of hydrogen-bond acceptors (Lipinski definition) is 10. The summed E-state index contributed by atoms with van der Waals surface area (Å²) in [7, 11) is 0. The fraction of sp³-hybridized carbons (Fsp3) is 0.394. The first kappa shape index (κ1) is 31.2. The number of thiazole rings is 1. The van der Waals surface area contributed by atoms with Crippen LogP contribution in [0, 0.1) is 29.6 Å². The molecule has 6 unspecified atom stereocenters. The number of benzene rings is 2. The van der Waals surface area contributed by atoms with E-state index in [1.54, 1.807) is 55.1 Å². The van der Waals surface area contributed by atoms with E-state index in [-0.39, 0.29) is 71.8 Å². The molecule has 2 aliphatic heterocycles. The average molecular weight is 678 g/mol. The summed E-state index contributed by atoms with van der Waals surface area (Å²) in [5, 5.41) is 12.6. The van der Waals surface area contributed by atoms with Gasteiger partial charge in [0.2, 0.25) is 11.8 Å². The summed E-state index contributed by atoms with van der Waals surface area (Å²) in [4.78, 5) is 80.5. The standard InChI is InChI=1S/C33H31N3O9S2/c1-2-44-32(42)15-7-9-16(10-8-15)34-21(37)14-45-20-6-4-3-5-17(20)23-24-18-13-19(27(24)46-29-28(23)47-33(43)35-29)26-25(18)30(40)36(31(26)41)12-11-22(38)39/h3-10,18-19,23-27H,2,11-14H2,1H3,(H,34,37)(H,35,43)(H,38,39)/t18?,19?,23-,24?,25?,26?,27?/m1/s1. The highest BCUT2D eigenvalue weighted by Gasteiger charge is 2.69. The van der Waals surface area contributed by atoms with Crippen LogP contribution in [-0.4, -0.2) is 69.7 Å². The molecule has 3 fully saturated rings. The number of esters is 1. The molecule has 3 amide bonds. The number of rotatable bonds is 10. The zero-order chi connectivity index (χ0) is 33.0. The number of ether oxygens (including phenoxy) is 2. The van der Waals surface area contributed by atoms with Crippen LogP contribution in [0.1, 0.15) is 46.5 Å². The van der Waals surface area contributed by atoms with Gasteiger partial charge in [0.1, 0.15) is 5.75 Å². The van der Waals surface area contributed by atoms with Crippen molar-refractivity contribution < 1.29 is 38.6 Å². The lowest BCUT2D eigenvalue weighted by atomic mass is 9.68. The molecular formula is C33H31N3O9S2. The molecule has 2 aliphatic carbocycles. The van der Waals surface area contributed by atoms with E-state index < -0.39 is 29.7 Å². The molecule has 12 nitrogen and oxygen atoms in total. The number of nitrogens with one attached hydrogen (secondary N) is 2. The van der Waals surface area contributed by atoms with Gasteiger partial charge in [0.15, 0.2) is 6.61 Å². The van der Waals surface area contributed by atoms with Crippen molar-refractivity contribution >= 4 is 58.4 Å². The molecule has 3 heterocycles. The Kier molecular flexibility index (Phi) is 8.16. The van der Waals surface area contributed by atoms with Gasteiger partial charge in [-0.1, -0.05) is 29.5 Å². The van der Waals surface area contributed by atoms with E-state index >= 15 is 0 Å². The Balaban J connectivity index is 1.14. The van der Waals surface area contributed by atoms with Crippen LogP contribution in [0.4, 0.5) is 5.69 Å². The Hall–Kier alpha value is -4.43. The number of anilines is 1. The molecule has 7 rings (SSSR count). The number of hydrogen-bond donors (Lipinski definition) is 3. The lowest BCUT2D eigenvalue weighted by Gasteiger charge is -2.43. The highest BCUT2D eigenvalue weighted by Crippen LogP contribution is 2.69. The van der Waals surface area contributed by atoms with Crippen LogP contribution in [-0.2, 0) is 23.9 Å². The summed E-state index contributed by atoms with van der Waals surface area (Å²) in [5.41, 5.74) is 1.64. The molecule has 14 heteroatoms. The zero-order valence-electron chi connectivity index (χ0n) is 25.2. The number of carbonyl (C=O) groups excluding carboxylic acids is 4. The van der Waals surface area contributed by atoms with E-state index in [1.165, 1.54) is 0 Å². The van der Waals surface area contributed by atoms with Gasteiger partial charge in [0.05, 0.1) is 35.5 Å². The van der Waals surface area contributed by atoms with E-state index in [0.717, 1.165) is 31.7 Å². The van der Waals surface area contributed by atoms with Crippen LogP contribution in [0.2, 0.25) is 0 Å². The van der Waals surface area contributed by atoms with Gasteiger partial charge in [-0.25, -0.2) is 4.79 Å². The van der Waals surface area contributed by atoms with Crippen molar-refractivity contribution in [2.24, 2.45) is 29.6 Å². The average Bonchev–Trinajstić information content (AvgIpc) is 3.78. The molecule has 0 spiro atoms. The summed E-state index contributed by atoms with van der Waals surface area (Å²) in [5.74, 6) is -3.72. The van der Waals surface area contributed by atoms with E-state index in [4.69, 9.17) is 9.47 Å². The first-order chi connectivity index (χ1) is 22.7. The molecule has 7 atom stereocenters. The smallest absolute Gasteiger partial charge is 0.338 e. The maximum absolute atomic E-state index is 13.6. The number of amides is 3. The number of nitrogens with zero attached hydrogens (tertiary/aromatic N) is 1. The summed E-state index contributed by atoms with van der Waals surface area (Å²) in [6.07, 6.45) is 0.393. The highest BCUT2D eigenvalue weighted by molar-refractivity contribution is 8.00. The van der Waals surface area contributed by atoms with E-state index in [2.05, 4.69) is 10.3 Å².